The quantitative estimate of drug-likeness (QED) is 0.522. The third-order valence-corrected chi connectivity index (χ3v) is 1.70. The number of rotatable bonds is 3. The zero-order valence-corrected chi connectivity index (χ0v) is 8.75. The summed E-state index contributed by atoms with van der Waals surface area (Å²) < 4.78 is 0. The number of nitrogens with one attached hydrogen (secondary N) is 1. The van der Waals surface area contributed by atoms with Crippen LogP contribution in [0, 0.1) is 0 Å². The van der Waals surface area contributed by atoms with Crippen molar-refractivity contribution in [1.82, 2.24) is 0 Å². The summed E-state index contributed by atoms with van der Waals surface area (Å²) in [5.41, 5.74) is 11.9. The minimum atomic E-state index is -0.484. The van der Waals surface area contributed by atoms with E-state index >= 15 is 0 Å². The molecule has 15 heavy (non-hydrogen) atoms. The van der Waals surface area contributed by atoms with Crippen LogP contribution in [-0.2, 0) is 4.79 Å². The number of benzene rings is 1. The van der Waals surface area contributed by atoms with Crippen molar-refractivity contribution in [2.24, 2.45) is 11.5 Å². The smallest absolute Gasteiger partial charge is 0.241 e. The maximum Gasteiger partial charge on any atom is 0.241 e. The second kappa shape index (κ2) is 5.11. The Morgan fingerprint density at radius 3 is 2.73 bits per heavy atom. The summed E-state index contributed by atoms with van der Waals surface area (Å²) in [4.78, 5) is 10.5. The fourth-order valence-electron chi connectivity index (χ4n) is 1.04. The van der Waals surface area contributed by atoms with Crippen LogP contribution in [0.5, 0.6) is 0 Å². The second-order valence-electron chi connectivity index (χ2n) is 2.85. The highest BCUT2D eigenvalue weighted by molar-refractivity contribution is 7.80. The van der Waals surface area contributed by atoms with Crippen molar-refractivity contribution in [3.8, 4) is 0 Å². The molecule has 0 spiro atoms. The van der Waals surface area contributed by atoms with E-state index in [9.17, 15) is 4.79 Å². The Kier molecular flexibility index (Phi) is 3.82. The highest BCUT2D eigenvalue weighted by atomic mass is 32.1. The van der Waals surface area contributed by atoms with Crippen LogP contribution >= 0.6 is 12.2 Å². The molecule has 5 heteroatoms. The molecule has 1 rings (SSSR count). The molecular formula is C10H11N3OS. The van der Waals surface area contributed by atoms with Crippen LogP contribution in [0.15, 0.2) is 30.3 Å². The van der Waals surface area contributed by atoms with E-state index in [1.807, 2.05) is 18.2 Å². The Labute approximate surface area is 93.0 Å². The minimum Gasteiger partial charge on any atom is -0.376 e. The molecule has 1 aromatic rings. The average Bonchev–Trinajstić information content (AvgIpc) is 2.14. The number of anilines is 1. The first-order valence-corrected chi connectivity index (χ1v) is 4.63. The summed E-state index contributed by atoms with van der Waals surface area (Å²) in [5, 5.41) is 2.99. The fraction of sp³-hybridized carbons (Fsp3) is 0. The van der Waals surface area contributed by atoms with Crippen molar-refractivity contribution in [2.75, 3.05) is 5.32 Å². The zero-order valence-electron chi connectivity index (χ0n) is 7.94. The molecule has 0 atom stereocenters. The van der Waals surface area contributed by atoms with Gasteiger partial charge in [-0.05, 0) is 36.0 Å². The maximum absolute atomic E-state index is 10.5. The lowest BCUT2D eigenvalue weighted by molar-refractivity contribution is -0.113. The van der Waals surface area contributed by atoms with Crippen LogP contribution < -0.4 is 16.8 Å². The van der Waals surface area contributed by atoms with E-state index in [2.05, 4.69) is 5.32 Å². The number of nitrogens with two attached hydrogens (primary N) is 2. The van der Waals surface area contributed by atoms with Crippen molar-refractivity contribution in [2.45, 2.75) is 0 Å². The monoisotopic (exact) mass is 221 g/mol. The summed E-state index contributed by atoms with van der Waals surface area (Å²) in [6.45, 7) is 0. The van der Waals surface area contributed by atoms with Crippen molar-refractivity contribution < 1.29 is 4.79 Å². The van der Waals surface area contributed by atoms with Gasteiger partial charge in [0, 0.05) is 11.8 Å². The molecule has 0 heterocycles. The summed E-state index contributed by atoms with van der Waals surface area (Å²) in [7, 11) is 0. The second-order valence-corrected chi connectivity index (χ2v) is 3.29. The van der Waals surface area contributed by atoms with Crippen LogP contribution in [0.2, 0.25) is 0 Å². The lowest BCUT2D eigenvalue weighted by Crippen LogP contribution is -2.18. The number of hydrogen-bond acceptors (Lipinski definition) is 2. The third-order valence-electron chi connectivity index (χ3n) is 1.59. The van der Waals surface area contributed by atoms with Gasteiger partial charge in [0.2, 0.25) is 5.91 Å². The standard InChI is InChI=1S/C10H11N3OS/c11-9(14)5-4-7-2-1-3-8(6-7)13-10(12)15/h1-6H,(H2,11,14)(H3,12,13,15). The van der Waals surface area contributed by atoms with Gasteiger partial charge in [0.25, 0.3) is 0 Å². The molecule has 0 radical (unpaired) electrons. The maximum atomic E-state index is 10.5. The molecule has 0 saturated carbocycles. The van der Waals surface area contributed by atoms with E-state index in [4.69, 9.17) is 23.7 Å². The van der Waals surface area contributed by atoms with Crippen molar-refractivity contribution in [1.29, 1.82) is 0 Å². The van der Waals surface area contributed by atoms with Gasteiger partial charge in [-0.1, -0.05) is 12.1 Å². The summed E-state index contributed by atoms with van der Waals surface area (Å²) >= 11 is 4.70. The number of carbonyl (C=O) groups is 1. The number of primary amides is 1. The van der Waals surface area contributed by atoms with Gasteiger partial charge in [0.05, 0.1) is 0 Å². The Hall–Kier alpha value is -1.88. The van der Waals surface area contributed by atoms with Crippen LogP contribution in [0.25, 0.3) is 6.08 Å². The number of carbonyl (C=O) groups excluding carboxylic acids is 1. The predicted octanol–water partition coefficient (Wildman–Crippen LogP) is 0.841. The first-order valence-electron chi connectivity index (χ1n) is 4.22. The first-order chi connectivity index (χ1) is 7.08. The Morgan fingerprint density at radius 2 is 2.13 bits per heavy atom. The van der Waals surface area contributed by atoms with E-state index < -0.39 is 5.91 Å². The van der Waals surface area contributed by atoms with Gasteiger partial charge in [0.1, 0.15) is 0 Å². The van der Waals surface area contributed by atoms with Gasteiger partial charge in [0.15, 0.2) is 5.11 Å². The molecule has 1 amide bonds. The van der Waals surface area contributed by atoms with Gasteiger partial charge in [-0.2, -0.15) is 0 Å². The molecule has 5 N–H and O–H groups in total. The average molecular weight is 221 g/mol. The third kappa shape index (κ3) is 4.24. The Balaban J connectivity index is 2.82. The Bertz CT molecular complexity index is 415. The Morgan fingerprint density at radius 1 is 1.40 bits per heavy atom. The van der Waals surface area contributed by atoms with Crippen LogP contribution in [-0.4, -0.2) is 11.0 Å². The lowest BCUT2D eigenvalue weighted by Gasteiger charge is -2.03. The van der Waals surface area contributed by atoms with Gasteiger partial charge in [-0.15, -0.1) is 0 Å². The molecule has 1 aromatic carbocycles. The van der Waals surface area contributed by atoms with E-state index in [1.54, 1.807) is 12.1 Å². The molecule has 0 aliphatic carbocycles. The molecule has 0 aromatic heterocycles. The number of thiocarbonyl (C=S) groups is 1. The predicted molar refractivity (Wildman–Crippen MR) is 65.1 cm³/mol. The largest absolute Gasteiger partial charge is 0.376 e. The summed E-state index contributed by atoms with van der Waals surface area (Å²) in [6, 6.07) is 7.28. The normalized spacial score (nSPS) is 10.1. The van der Waals surface area contributed by atoms with Crippen molar-refractivity contribution in [3.05, 3.63) is 35.9 Å². The van der Waals surface area contributed by atoms with Crippen LogP contribution in [0.3, 0.4) is 0 Å². The fourth-order valence-corrected chi connectivity index (χ4v) is 1.16. The zero-order chi connectivity index (χ0) is 11.3. The van der Waals surface area contributed by atoms with E-state index in [-0.39, 0.29) is 5.11 Å². The van der Waals surface area contributed by atoms with E-state index in [0.29, 0.717) is 0 Å². The SMILES string of the molecule is NC(=O)C=Cc1cccc(NC(N)=S)c1. The molecule has 0 aliphatic heterocycles. The molecule has 4 nitrogen and oxygen atoms in total. The number of amides is 1. The highest BCUT2D eigenvalue weighted by Gasteiger charge is 1.94. The van der Waals surface area contributed by atoms with Crippen LogP contribution in [0.4, 0.5) is 5.69 Å². The summed E-state index contributed by atoms with van der Waals surface area (Å²) in [5.74, 6) is -0.484. The van der Waals surface area contributed by atoms with Crippen molar-refractivity contribution >= 4 is 35.0 Å². The summed E-state index contributed by atoms with van der Waals surface area (Å²) in [6.07, 6.45) is 2.91. The van der Waals surface area contributed by atoms with Crippen molar-refractivity contribution in [3.63, 3.8) is 0 Å². The van der Waals surface area contributed by atoms with Gasteiger partial charge in [-0.25, -0.2) is 0 Å². The molecule has 0 unspecified atom stereocenters. The molecule has 0 fully saturated rings. The van der Waals surface area contributed by atoms with Crippen LogP contribution in [0.1, 0.15) is 5.56 Å². The topological polar surface area (TPSA) is 81.1 Å². The molecule has 78 valence electrons. The van der Waals surface area contributed by atoms with E-state index in [1.165, 1.54) is 6.08 Å². The minimum absolute atomic E-state index is 0.200. The molecule has 0 bridgehead atoms. The highest BCUT2D eigenvalue weighted by Crippen LogP contribution is 2.11. The van der Waals surface area contributed by atoms with E-state index in [0.717, 1.165) is 11.3 Å². The van der Waals surface area contributed by atoms with Gasteiger partial charge in [-0.3, -0.25) is 4.79 Å². The lowest BCUT2D eigenvalue weighted by atomic mass is 10.2. The van der Waals surface area contributed by atoms with Gasteiger partial charge < -0.3 is 16.8 Å². The number of hydrogen-bond donors (Lipinski definition) is 3. The molecule has 0 saturated heterocycles. The van der Waals surface area contributed by atoms with Gasteiger partial charge >= 0.3 is 0 Å². The molecule has 0 aliphatic rings. The first kappa shape index (κ1) is 11.2. The molecular weight excluding hydrogens is 210 g/mol.